The molecule has 0 heterocycles. The summed E-state index contributed by atoms with van der Waals surface area (Å²) in [7, 11) is 0. The summed E-state index contributed by atoms with van der Waals surface area (Å²) >= 11 is 4.80. The average Bonchev–Trinajstić information content (AvgIpc) is 2.35. The van der Waals surface area contributed by atoms with Gasteiger partial charge >= 0.3 is 0 Å². The smallest absolute Gasteiger partial charge is 0.176 e. The summed E-state index contributed by atoms with van der Waals surface area (Å²) < 4.78 is 14.9. The van der Waals surface area contributed by atoms with E-state index in [9.17, 15) is 9.18 Å². The molecule has 20 heavy (non-hydrogen) atoms. The maximum absolute atomic E-state index is 13.9. The van der Waals surface area contributed by atoms with Gasteiger partial charge in [-0.2, -0.15) is 0 Å². The second-order valence-electron chi connectivity index (χ2n) is 4.61. The second-order valence-corrected chi connectivity index (χ2v) is 6.57. The van der Waals surface area contributed by atoms with Gasteiger partial charge in [0.25, 0.3) is 0 Å². The van der Waals surface area contributed by atoms with Crippen molar-refractivity contribution in [1.29, 1.82) is 0 Å². The number of carbonyl (C=O) groups excluding carboxylic acids is 1. The van der Waals surface area contributed by atoms with Crippen molar-refractivity contribution in [3.63, 3.8) is 0 Å². The molecule has 2 rings (SSSR count). The molecule has 0 saturated heterocycles. The van der Waals surface area contributed by atoms with Crippen LogP contribution in [0, 0.1) is 19.7 Å². The topological polar surface area (TPSA) is 17.1 Å². The first-order valence-electron chi connectivity index (χ1n) is 6.15. The van der Waals surface area contributed by atoms with Gasteiger partial charge in [0.2, 0.25) is 0 Å². The minimum absolute atomic E-state index is 0.176. The molecule has 2 aromatic rings. The van der Waals surface area contributed by atoms with Crippen LogP contribution in [0.2, 0.25) is 0 Å². The molecule has 0 bridgehead atoms. The summed E-state index contributed by atoms with van der Waals surface area (Å²) in [5.41, 5.74) is 1.73. The SMILES string of the molecule is Cc1cc(C)c(C(=O)CSc2cccc(Br)c2)c(F)c1. The Morgan fingerprint density at radius 1 is 1.25 bits per heavy atom. The van der Waals surface area contributed by atoms with Crippen LogP contribution in [0.3, 0.4) is 0 Å². The largest absolute Gasteiger partial charge is 0.293 e. The van der Waals surface area contributed by atoms with Crippen LogP contribution < -0.4 is 0 Å². The molecular weight excluding hydrogens is 339 g/mol. The van der Waals surface area contributed by atoms with E-state index < -0.39 is 5.82 Å². The number of ketones is 1. The number of halogens is 2. The van der Waals surface area contributed by atoms with E-state index in [1.807, 2.05) is 37.3 Å². The Morgan fingerprint density at radius 3 is 2.65 bits per heavy atom. The van der Waals surface area contributed by atoms with Crippen molar-refractivity contribution in [2.45, 2.75) is 18.7 Å². The molecule has 0 amide bonds. The van der Waals surface area contributed by atoms with Gasteiger partial charge in [-0.25, -0.2) is 4.39 Å². The lowest BCUT2D eigenvalue weighted by Gasteiger charge is -2.08. The summed E-state index contributed by atoms with van der Waals surface area (Å²) in [4.78, 5) is 13.2. The summed E-state index contributed by atoms with van der Waals surface area (Å²) in [6, 6.07) is 11.0. The van der Waals surface area contributed by atoms with Crippen molar-refractivity contribution in [2.24, 2.45) is 0 Å². The van der Waals surface area contributed by atoms with E-state index in [2.05, 4.69) is 15.9 Å². The van der Waals surface area contributed by atoms with Crippen LogP contribution in [0.25, 0.3) is 0 Å². The van der Waals surface area contributed by atoms with Gasteiger partial charge < -0.3 is 0 Å². The van der Waals surface area contributed by atoms with E-state index in [1.165, 1.54) is 17.8 Å². The van der Waals surface area contributed by atoms with Gasteiger partial charge in [0.15, 0.2) is 5.78 Å². The predicted octanol–water partition coefficient (Wildman–Crippen LogP) is 5.18. The third-order valence-corrected chi connectivity index (χ3v) is 4.36. The molecule has 0 fully saturated rings. The summed E-state index contributed by atoms with van der Waals surface area (Å²) in [5, 5.41) is 0. The Labute approximate surface area is 130 Å². The van der Waals surface area contributed by atoms with Crippen molar-refractivity contribution >= 4 is 33.5 Å². The molecule has 0 N–H and O–H groups in total. The highest BCUT2D eigenvalue weighted by Crippen LogP contribution is 2.24. The zero-order valence-electron chi connectivity index (χ0n) is 11.2. The summed E-state index contributed by atoms with van der Waals surface area (Å²) in [6.45, 7) is 3.59. The van der Waals surface area contributed by atoms with Gasteiger partial charge in [0.05, 0.1) is 11.3 Å². The molecule has 0 spiro atoms. The summed E-state index contributed by atoms with van der Waals surface area (Å²) in [5.74, 6) is -0.371. The maximum atomic E-state index is 13.9. The Balaban J connectivity index is 2.13. The first-order valence-corrected chi connectivity index (χ1v) is 7.93. The Bertz CT molecular complexity index is 632. The van der Waals surface area contributed by atoms with Gasteiger partial charge in [-0.15, -0.1) is 11.8 Å². The van der Waals surface area contributed by atoms with Crippen LogP contribution in [0.15, 0.2) is 45.8 Å². The molecule has 0 aliphatic rings. The van der Waals surface area contributed by atoms with E-state index >= 15 is 0 Å². The molecule has 2 aromatic carbocycles. The zero-order chi connectivity index (χ0) is 14.7. The number of Topliss-reactive ketones (excluding diaryl/α,β-unsaturated/α-hetero) is 1. The highest BCUT2D eigenvalue weighted by atomic mass is 79.9. The van der Waals surface area contributed by atoms with Crippen LogP contribution in [-0.4, -0.2) is 11.5 Å². The molecule has 0 saturated carbocycles. The van der Waals surface area contributed by atoms with Gasteiger partial charge in [-0.05, 0) is 49.2 Å². The zero-order valence-corrected chi connectivity index (χ0v) is 13.6. The predicted molar refractivity (Wildman–Crippen MR) is 85.1 cm³/mol. The molecule has 0 atom stereocenters. The highest BCUT2D eigenvalue weighted by Gasteiger charge is 2.15. The summed E-state index contributed by atoms with van der Waals surface area (Å²) in [6.07, 6.45) is 0. The molecule has 0 radical (unpaired) electrons. The van der Waals surface area contributed by atoms with E-state index in [0.29, 0.717) is 5.56 Å². The molecule has 4 heteroatoms. The fourth-order valence-electron chi connectivity index (χ4n) is 2.05. The number of carbonyl (C=O) groups is 1. The van der Waals surface area contributed by atoms with Crippen molar-refractivity contribution in [2.75, 3.05) is 5.75 Å². The van der Waals surface area contributed by atoms with Crippen LogP contribution in [-0.2, 0) is 0 Å². The maximum Gasteiger partial charge on any atom is 0.176 e. The second kappa shape index (κ2) is 6.55. The number of rotatable bonds is 4. The van der Waals surface area contributed by atoms with Crippen LogP contribution in [0.1, 0.15) is 21.5 Å². The third kappa shape index (κ3) is 3.70. The van der Waals surface area contributed by atoms with Gasteiger partial charge in [-0.1, -0.05) is 28.1 Å². The van der Waals surface area contributed by atoms with Crippen LogP contribution in [0.5, 0.6) is 0 Å². The normalized spacial score (nSPS) is 10.6. The van der Waals surface area contributed by atoms with Crippen molar-refractivity contribution < 1.29 is 9.18 Å². The Morgan fingerprint density at radius 2 is 2.00 bits per heavy atom. The lowest BCUT2D eigenvalue weighted by atomic mass is 10.0. The van der Waals surface area contributed by atoms with E-state index in [4.69, 9.17) is 0 Å². The molecule has 0 aliphatic heterocycles. The minimum Gasteiger partial charge on any atom is -0.293 e. The fourth-order valence-corrected chi connectivity index (χ4v) is 3.42. The monoisotopic (exact) mass is 352 g/mol. The van der Waals surface area contributed by atoms with E-state index in [1.54, 1.807) is 6.92 Å². The molecule has 0 aliphatic carbocycles. The first kappa shape index (κ1) is 15.3. The fraction of sp³-hybridized carbons (Fsp3) is 0.188. The van der Waals surface area contributed by atoms with Crippen molar-refractivity contribution in [3.05, 3.63) is 63.4 Å². The van der Waals surface area contributed by atoms with Crippen molar-refractivity contribution in [1.82, 2.24) is 0 Å². The minimum atomic E-state index is -0.428. The molecule has 0 unspecified atom stereocenters. The van der Waals surface area contributed by atoms with Crippen LogP contribution in [0.4, 0.5) is 4.39 Å². The standard InChI is InChI=1S/C16H14BrFOS/c1-10-6-11(2)16(14(18)7-10)15(19)9-20-13-5-3-4-12(17)8-13/h3-8H,9H2,1-2H3. The molecular formula is C16H14BrFOS. The third-order valence-electron chi connectivity index (χ3n) is 2.88. The van der Waals surface area contributed by atoms with Gasteiger partial charge in [-0.3, -0.25) is 4.79 Å². The van der Waals surface area contributed by atoms with E-state index in [0.717, 1.165) is 14.9 Å². The molecule has 1 nitrogen and oxygen atoms in total. The quantitative estimate of drug-likeness (QED) is 0.557. The van der Waals surface area contributed by atoms with E-state index in [-0.39, 0.29) is 17.1 Å². The lowest BCUT2D eigenvalue weighted by Crippen LogP contribution is -2.08. The number of thioether (sulfide) groups is 1. The molecule has 0 aromatic heterocycles. The Kier molecular flexibility index (Phi) is 5.00. The average molecular weight is 353 g/mol. The lowest BCUT2D eigenvalue weighted by molar-refractivity contribution is 0.101. The Hall–Kier alpha value is -1.13. The van der Waals surface area contributed by atoms with Gasteiger partial charge in [0, 0.05) is 9.37 Å². The number of hydrogen-bond acceptors (Lipinski definition) is 2. The highest BCUT2D eigenvalue weighted by molar-refractivity contribution is 9.10. The number of hydrogen-bond donors (Lipinski definition) is 0. The van der Waals surface area contributed by atoms with Crippen LogP contribution >= 0.6 is 27.7 Å². The van der Waals surface area contributed by atoms with Gasteiger partial charge in [0.1, 0.15) is 5.82 Å². The number of aryl methyl sites for hydroxylation is 2. The molecule has 104 valence electrons. The number of benzene rings is 2. The first-order chi connectivity index (χ1) is 9.47. The van der Waals surface area contributed by atoms with Crippen molar-refractivity contribution in [3.8, 4) is 0 Å².